The summed E-state index contributed by atoms with van der Waals surface area (Å²) in [4.78, 5) is 12.5. The Morgan fingerprint density at radius 2 is 1.93 bits per heavy atom. The molecule has 0 radical (unpaired) electrons. The smallest absolute Gasteiger partial charge is 0.269 e. The van der Waals surface area contributed by atoms with Gasteiger partial charge in [0.25, 0.3) is 5.91 Å². The largest absolute Gasteiger partial charge is 0.497 e. The van der Waals surface area contributed by atoms with Crippen molar-refractivity contribution in [2.24, 2.45) is 7.05 Å². The quantitative estimate of drug-likeness (QED) is 0.621. The van der Waals surface area contributed by atoms with Crippen molar-refractivity contribution in [1.82, 2.24) is 19.7 Å². The van der Waals surface area contributed by atoms with Gasteiger partial charge in [-0.15, -0.1) is 0 Å². The minimum atomic E-state index is -0.148. The van der Waals surface area contributed by atoms with E-state index in [0.29, 0.717) is 29.4 Å². The maximum absolute atomic E-state index is 12.5. The molecule has 0 aliphatic rings. The fraction of sp³-hybridized carbons (Fsp3) is 0.300. The SMILES string of the molecule is COc1ccc(OC)c(-c2cc(C(=O)NCCCn3cccc3)n(C)n2)c1. The monoisotopic (exact) mass is 368 g/mol. The van der Waals surface area contributed by atoms with Crippen molar-refractivity contribution in [2.75, 3.05) is 20.8 Å². The van der Waals surface area contributed by atoms with Crippen LogP contribution in [0, 0.1) is 0 Å². The zero-order valence-corrected chi connectivity index (χ0v) is 15.8. The lowest BCUT2D eigenvalue weighted by Gasteiger charge is -2.08. The molecule has 1 aromatic carbocycles. The van der Waals surface area contributed by atoms with Crippen LogP contribution in [-0.2, 0) is 13.6 Å². The standard InChI is InChI=1S/C20H24N4O3/c1-23-18(20(25)21-9-6-12-24-10-4-5-11-24)14-17(22-23)16-13-15(26-2)7-8-19(16)27-3/h4-5,7-8,10-11,13-14H,6,9,12H2,1-3H3,(H,21,25). The molecule has 27 heavy (non-hydrogen) atoms. The minimum Gasteiger partial charge on any atom is -0.497 e. The Morgan fingerprint density at radius 3 is 2.63 bits per heavy atom. The number of nitrogens with one attached hydrogen (secondary N) is 1. The lowest BCUT2D eigenvalue weighted by Crippen LogP contribution is -2.27. The first-order chi connectivity index (χ1) is 13.1. The molecule has 0 saturated heterocycles. The van der Waals surface area contributed by atoms with E-state index >= 15 is 0 Å². The number of carbonyl (C=O) groups is 1. The van der Waals surface area contributed by atoms with E-state index in [-0.39, 0.29) is 5.91 Å². The molecule has 1 amide bonds. The molecule has 0 fully saturated rings. The topological polar surface area (TPSA) is 70.3 Å². The van der Waals surface area contributed by atoms with E-state index in [4.69, 9.17) is 9.47 Å². The second kappa shape index (κ2) is 8.44. The van der Waals surface area contributed by atoms with Crippen LogP contribution in [0.25, 0.3) is 11.3 Å². The molecule has 1 N–H and O–H groups in total. The number of hydrogen-bond donors (Lipinski definition) is 1. The van der Waals surface area contributed by atoms with Crippen molar-refractivity contribution in [3.63, 3.8) is 0 Å². The van der Waals surface area contributed by atoms with E-state index in [9.17, 15) is 4.79 Å². The Morgan fingerprint density at radius 1 is 1.15 bits per heavy atom. The van der Waals surface area contributed by atoms with Gasteiger partial charge in [-0.3, -0.25) is 9.48 Å². The molecule has 0 atom stereocenters. The highest BCUT2D eigenvalue weighted by molar-refractivity contribution is 5.93. The predicted octanol–water partition coefficient (Wildman–Crippen LogP) is 2.73. The molecule has 0 unspecified atom stereocenters. The van der Waals surface area contributed by atoms with Gasteiger partial charge >= 0.3 is 0 Å². The highest BCUT2D eigenvalue weighted by Gasteiger charge is 2.17. The Labute approximate surface area is 158 Å². The van der Waals surface area contributed by atoms with Crippen LogP contribution in [0.5, 0.6) is 11.5 Å². The molecule has 7 nitrogen and oxygen atoms in total. The number of rotatable bonds is 8. The highest BCUT2D eigenvalue weighted by atomic mass is 16.5. The third kappa shape index (κ3) is 4.31. The zero-order valence-electron chi connectivity index (χ0n) is 15.8. The second-order valence-corrected chi connectivity index (χ2v) is 6.13. The van der Waals surface area contributed by atoms with E-state index in [0.717, 1.165) is 18.5 Å². The molecule has 142 valence electrons. The molecule has 0 aliphatic heterocycles. The summed E-state index contributed by atoms with van der Waals surface area (Å²) in [6, 6.07) is 11.2. The van der Waals surface area contributed by atoms with Gasteiger partial charge in [-0.2, -0.15) is 5.10 Å². The van der Waals surface area contributed by atoms with Gasteiger partial charge in [0.2, 0.25) is 0 Å². The highest BCUT2D eigenvalue weighted by Crippen LogP contribution is 2.32. The first-order valence-electron chi connectivity index (χ1n) is 8.77. The second-order valence-electron chi connectivity index (χ2n) is 6.13. The zero-order chi connectivity index (χ0) is 19.2. The molecule has 0 spiro atoms. The Bertz CT molecular complexity index is 900. The number of carbonyl (C=O) groups excluding carboxylic acids is 1. The third-order valence-electron chi connectivity index (χ3n) is 4.34. The van der Waals surface area contributed by atoms with Crippen LogP contribution in [0.2, 0.25) is 0 Å². The van der Waals surface area contributed by atoms with Crippen LogP contribution in [0.3, 0.4) is 0 Å². The summed E-state index contributed by atoms with van der Waals surface area (Å²) < 4.78 is 14.4. The molecule has 0 saturated carbocycles. The number of aromatic nitrogens is 3. The first kappa shape index (κ1) is 18.6. The number of benzene rings is 1. The van der Waals surface area contributed by atoms with Gasteiger partial charge in [-0.25, -0.2) is 0 Å². The molecule has 3 rings (SSSR count). The molecule has 0 bridgehead atoms. The lowest BCUT2D eigenvalue weighted by molar-refractivity contribution is 0.0943. The van der Waals surface area contributed by atoms with Gasteiger partial charge in [0.1, 0.15) is 17.2 Å². The van der Waals surface area contributed by atoms with Gasteiger partial charge < -0.3 is 19.4 Å². The Balaban J connectivity index is 1.69. The Kier molecular flexibility index (Phi) is 5.80. The van der Waals surface area contributed by atoms with Gasteiger partial charge in [0.05, 0.1) is 19.9 Å². The van der Waals surface area contributed by atoms with Crippen molar-refractivity contribution < 1.29 is 14.3 Å². The van der Waals surface area contributed by atoms with Crippen LogP contribution < -0.4 is 14.8 Å². The van der Waals surface area contributed by atoms with Crippen molar-refractivity contribution in [2.45, 2.75) is 13.0 Å². The summed E-state index contributed by atoms with van der Waals surface area (Å²) in [6.45, 7) is 1.46. The number of nitrogens with zero attached hydrogens (tertiary/aromatic N) is 3. The van der Waals surface area contributed by atoms with Crippen LogP contribution in [0.1, 0.15) is 16.9 Å². The van der Waals surface area contributed by atoms with E-state index < -0.39 is 0 Å². The maximum Gasteiger partial charge on any atom is 0.269 e. The molecule has 7 heteroatoms. The van der Waals surface area contributed by atoms with E-state index in [1.165, 1.54) is 0 Å². The van der Waals surface area contributed by atoms with Gasteiger partial charge in [0.15, 0.2) is 0 Å². The lowest BCUT2D eigenvalue weighted by atomic mass is 10.1. The third-order valence-corrected chi connectivity index (χ3v) is 4.34. The van der Waals surface area contributed by atoms with E-state index in [1.54, 1.807) is 32.0 Å². The van der Waals surface area contributed by atoms with Crippen LogP contribution >= 0.6 is 0 Å². The molecule has 2 aromatic heterocycles. The van der Waals surface area contributed by atoms with Crippen molar-refractivity contribution >= 4 is 5.91 Å². The number of ether oxygens (including phenoxy) is 2. The summed E-state index contributed by atoms with van der Waals surface area (Å²) >= 11 is 0. The maximum atomic E-state index is 12.5. The predicted molar refractivity (Wildman–Crippen MR) is 103 cm³/mol. The number of methoxy groups -OCH3 is 2. The van der Waals surface area contributed by atoms with Crippen LogP contribution in [0.4, 0.5) is 0 Å². The number of aryl methyl sites for hydroxylation is 2. The average Bonchev–Trinajstić information content (AvgIpc) is 3.34. The van der Waals surface area contributed by atoms with Gasteiger partial charge in [-0.05, 0) is 42.8 Å². The number of amides is 1. The van der Waals surface area contributed by atoms with E-state index in [2.05, 4.69) is 15.0 Å². The number of hydrogen-bond acceptors (Lipinski definition) is 4. The van der Waals surface area contributed by atoms with E-state index in [1.807, 2.05) is 42.7 Å². The molecular weight excluding hydrogens is 344 g/mol. The van der Waals surface area contributed by atoms with Gasteiger partial charge in [0, 0.05) is 38.1 Å². The normalized spacial score (nSPS) is 10.6. The molecule has 2 heterocycles. The summed E-state index contributed by atoms with van der Waals surface area (Å²) in [5.74, 6) is 1.23. The summed E-state index contributed by atoms with van der Waals surface area (Å²) in [7, 11) is 4.97. The summed E-state index contributed by atoms with van der Waals surface area (Å²) in [6.07, 6.45) is 4.88. The fourth-order valence-corrected chi connectivity index (χ4v) is 2.90. The Hall–Kier alpha value is -3.22. The van der Waals surface area contributed by atoms with Crippen LogP contribution in [0.15, 0.2) is 48.8 Å². The van der Waals surface area contributed by atoms with Crippen molar-refractivity contribution in [1.29, 1.82) is 0 Å². The summed E-state index contributed by atoms with van der Waals surface area (Å²) in [5, 5.41) is 7.42. The van der Waals surface area contributed by atoms with Crippen molar-refractivity contribution in [3.05, 3.63) is 54.5 Å². The first-order valence-corrected chi connectivity index (χ1v) is 8.77. The van der Waals surface area contributed by atoms with Gasteiger partial charge in [-0.1, -0.05) is 0 Å². The fourth-order valence-electron chi connectivity index (χ4n) is 2.90. The minimum absolute atomic E-state index is 0.148. The van der Waals surface area contributed by atoms with Crippen molar-refractivity contribution in [3.8, 4) is 22.8 Å². The molecular formula is C20H24N4O3. The molecule has 3 aromatic rings. The summed E-state index contributed by atoms with van der Waals surface area (Å²) in [5.41, 5.74) is 1.93. The molecule has 0 aliphatic carbocycles. The van der Waals surface area contributed by atoms with Crippen LogP contribution in [-0.4, -0.2) is 41.0 Å². The average molecular weight is 368 g/mol.